The highest BCUT2D eigenvalue weighted by atomic mass is 16.5. The van der Waals surface area contributed by atoms with Crippen LogP contribution in [-0.2, 0) is 9.47 Å². The van der Waals surface area contributed by atoms with Crippen LogP contribution in [0.3, 0.4) is 0 Å². The zero-order valence-electron chi connectivity index (χ0n) is 11.7. The first-order valence-electron chi connectivity index (χ1n) is 6.00. The molecule has 0 bridgehead atoms. The van der Waals surface area contributed by atoms with Gasteiger partial charge in [-0.15, -0.1) is 0 Å². The lowest BCUT2D eigenvalue weighted by Crippen LogP contribution is -2.31. The van der Waals surface area contributed by atoms with Crippen LogP contribution in [0.2, 0.25) is 0 Å². The van der Waals surface area contributed by atoms with E-state index < -0.39 is 0 Å². The van der Waals surface area contributed by atoms with Gasteiger partial charge >= 0.3 is 0 Å². The van der Waals surface area contributed by atoms with Crippen LogP contribution >= 0.6 is 0 Å². The van der Waals surface area contributed by atoms with Gasteiger partial charge in [-0.05, 0) is 32.6 Å². The predicted molar refractivity (Wildman–Crippen MR) is 67.3 cm³/mol. The van der Waals surface area contributed by atoms with E-state index in [2.05, 4.69) is 34.6 Å². The lowest BCUT2D eigenvalue weighted by atomic mass is 9.89. The standard InChI is InChI=1S/C9H20O.C4H10O/c1-6-7-8(2)9(3,4)10-5;1-3-4-5-2/h8H,6-7H2,1-5H3;3-4H2,1-2H3. The van der Waals surface area contributed by atoms with E-state index in [4.69, 9.17) is 9.47 Å². The monoisotopic (exact) mass is 218 g/mol. The molecule has 2 nitrogen and oxygen atoms in total. The van der Waals surface area contributed by atoms with Crippen molar-refractivity contribution in [3.63, 3.8) is 0 Å². The molecule has 0 aliphatic carbocycles. The van der Waals surface area contributed by atoms with Crippen LogP contribution < -0.4 is 0 Å². The molecule has 15 heavy (non-hydrogen) atoms. The SMILES string of the molecule is CCCC(C)C(C)(C)OC.CCCOC. The van der Waals surface area contributed by atoms with Crippen LogP contribution in [0, 0.1) is 5.92 Å². The van der Waals surface area contributed by atoms with Gasteiger partial charge in [0.1, 0.15) is 0 Å². The van der Waals surface area contributed by atoms with Crippen molar-refractivity contribution in [1.82, 2.24) is 0 Å². The van der Waals surface area contributed by atoms with Crippen molar-refractivity contribution < 1.29 is 9.47 Å². The first kappa shape index (κ1) is 17.3. The third kappa shape index (κ3) is 10.2. The molecular formula is C13H30O2. The van der Waals surface area contributed by atoms with E-state index in [0.29, 0.717) is 5.92 Å². The number of methoxy groups -OCH3 is 2. The molecule has 0 aromatic rings. The molecule has 1 unspecified atom stereocenters. The minimum atomic E-state index is 0.0516. The maximum absolute atomic E-state index is 5.35. The average molecular weight is 218 g/mol. The second-order valence-electron chi connectivity index (χ2n) is 4.49. The van der Waals surface area contributed by atoms with Gasteiger partial charge in [-0.2, -0.15) is 0 Å². The van der Waals surface area contributed by atoms with E-state index in [1.807, 2.05) is 0 Å². The summed E-state index contributed by atoms with van der Waals surface area (Å²) in [6, 6.07) is 0. The highest BCUT2D eigenvalue weighted by molar-refractivity contribution is 4.74. The Hall–Kier alpha value is -0.0800. The third-order valence-electron chi connectivity index (χ3n) is 2.84. The number of hydrogen-bond donors (Lipinski definition) is 0. The van der Waals surface area contributed by atoms with E-state index >= 15 is 0 Å². The molecular weight excluding hydrogens is 188 g/mol. The van der Waals surface area contributed by atoms with Crippen LogP contribution in [0.5, 0.6) is 0 Å². The molecule has 94 valence electrons. The van der Waals surface area contributed by atoms with Crippen LogP contribution in [0.1, 0.15) is 53.9 Å². The summed E-state index contributed by atoms with van der Waals surface area (Å²) in [5.41, 5.74) is 0.0516. The van der Waals surface area contributed by atoms with Gasteiger partial charge in [0, 0.05) is 20.8 Å². The third-order valence-corrected chi connectivity index (χ3v) is 2.84. The number of rotatable bonds is 6. The van der Waals surface area contributed by atoms with Gasteiger partial charge in [-0.25, -0.2) is 0 Å². The molecule has 0 saturated heterocycles. The summed E-state index contributed by atoms with van der Waals surface area (Å²) < 4.78 is 10.0. The fourth-order valence-corrected chi connectivity index (χ4v) is 1.19. The fourth-order valence-electron chi connectivity index (χ4n) is 1.19. The van der Waals surface area contributed by atoms with E-state index in [1.165, 1.54) is 12.8 Å². The van der Waals surface area contributed by atoms with Crippen molar-refractivity contribution in [1.29, 1.82) is 0 Å². The minimum absolute atomic E-state index is 0.0516. The van der Waals surface area contributed by atoms with Crippen LogP contribution in [-0.4, -0.2) is 26.4 Å². The Morgan fingerprint density at radius 3 is 1.80 bits per heavy atom. The molecule has 0 aromatic carbocycles. The number of hydrogen-bond acceptors (Lipinski definition) is 2. The van der Waals surface area contributed by atoms with Crippen LogP contribution in [0.4, 0.5) is 0 Å². The molecule has 0 aromatic heterocycles. The van der Waals surface area contributed by atoms with E-state index in [1.54, 1.807) is 14.2 Å². The van der Waals surface area contributed by atoms with Crippen molar-refractivity contribution >= 4 is 0 Å². The van der Waals surface area contributed by atoms with E-state index in [9.17, 15) is 0 Å². The Morgan fingerprint density at radius 2 is 1.60 bits per heavy atom. The Labute approximate surface area is 96.4 Å². The molecule has 0 rings (SSSR count). The predicted octanol–water partition coefficient (Wildman–Crippen LogP) is 3.89. The quantitative estimate of drug-likeness (QED) is 0.673. The Bertz CT molecular complexity index is 120. The van der Waals surface area contributed by atoms with Gasteiger partial charge in [0.05, 0.1) is 5.60 Å². The van der Waals surface area contributed by atoms with Crippen molar-refractivity contribution in [2.24, 2.45) is 5.92 Å². The first-order chi connectivity index (χ1) is 6.96. The van der Waals surface area contributed by atoms with Crippen molar-refractivity contribution in [3.05, 3.63) is 0 Å². The Kier molecular flexibility index (Phi) is 12.1. The van der Waals surface area contributed by atoms with Gasteiger partial charge in [-0.3, -0.25) is 0 Å². The fraction of sp³-hybridized carbons (Fsp3) is 1.00. The molecule has 0 aliphatic rings. The number of ether oxygens (including phenoxy) is 2. The van der Waals surface area contributed by atoms with Gasteiger partial charge in [0.2, 0.25) is 0 Å². The Balaban J connectivity index is 0. The van der Waals surface area contributed by atoms with E-state index in [-0.39, 0.29) is 5.60 Å². The molecule has 2 heteroatoms. The summed E-state index contributed by atoms with van der Waals surface area (Å²) in [5, 5.41) is 0. The molecule has 0 heterocycles. The summed E-state index contributed by atoms with van der Waals surface area (Å²) in [6.45, 7) is 11.7. The molecule has 0 aliphatic heterocycles. The van der Waals surface area contributed by atoms with Gasteiger partial charge in [-0.1, -0.05) is 27.2 Å². The average Bonchev–Trinajstić information content (AvgIpc) is 2.20. The molecule has 0 fully saturated rings. The first-order valence-corrected chi connectivity index (χ1v) is 6.00. The lowest BCUT2D eigenvalue weighted by Gasteiger charge is -2.30. The molecule has 1 atom stereocenters. The highest BCUT2D eigenvalue weighted by Crippen LogP contribution is 2.23. The topological polar surface area (TPSA) is 18.5 Å². The second-order valence-corrected chi connectivity index (χ2v) is 4.49. The lowest BCUT2D eigenvalue weighted by molar-refractivity contribution is -0.0246. The molecule has 0 N–H and O–H groups in total. The summed E-state index contributed by atoms with van der Waals surface area (Å²) in [7, 11) is 3.50. The zero-order valence-corrected chi connectivity index (χ0v) is 11.7. The van der Waals surface area contributed by atoms with Gasteiger partial charge < -0.3 is 9.47 Å². The summed E-state index contributed by atoms with van der Waals surface area (Å²) in [4.78, 5) is 0. The summed E-state index contributed by atoms with van der Waals surface area (Å²) >= 11 is 0. The van der Waals surface area contributed by atoms with Crippen molar-refractivity contribution in [2.75, 3.05) is 20.8 Å². The normalized spacial score (nSPS) is 13.0. The maximum Gasteiger partial charge on any atom is 0.0648 e. The van der Waals surface area contributed by atoms with E-state index in [0.717, 1.165) is 13.0 Å². The molecule has 0 saturated carbocycles. The molecule has 0 amide bonds. The molecule has 0 radical (unpaired) electrons. The second kappa shape index (κ2) is 10.4. The van der Waals surface area contributed by atoms with Crippen LogP contribution in [0.25, 0.3) is 0 Å². The Morgan fingerprint density at radius 1 is 1.07 bits per heavy atom. The largest absolute Gasteiger partial charge is 0.385 e. The maximum atomic E-state index is 5.35. The zero-order chi connectivity index (χ0) is 12.3. The summed E-state index contributed by atoms with van der Waals surface area (Å²) in [5.74, 6) is 0.655. The summed E-state index contributed by atoms with van der Waals surface area (Å²) in [6.07, 6.45) is 3.62. The minimum Gasteiger partial charge on any atom is -0.385 e. The van der Waals surface area contributed by atoms with Gasteiger partial charge in [0.25, 0.3) is 0 Å². The smallest absolute Gasteiger partial charge is 0.0648 e. The van der Waals surface area contributed by atoms with Crippen LogP contribution in [0.15, 0.2) is 0 Å². The molecule has 0 spiro atoms. The highest BCUT2D eigenvalue weighted by Gasteiger charge is 2.23. The van der Waals surface area contributed by atoms with Crippen molar-refractivity contribution in [2.45, 2.75) is 59.5 Å². The van der Waals surface area contributed by atoms with Crippen molar-refractivity contribution in [3.8, 4) is 0 Å². The van der Waals surface area contributed by atoms with Gasteiger partial charge in [0.15, 0.2) is 0 Å².